The van der Waals surface area contributed by atoms with E-state index in [0.29, 0.717) is 0 Å². The molecule has 0 aliphatic carbocycles. The van der Waals surface area contributed by atoms with Gasteiger partial charge in [0.25, 0.3) is 0 Å². The van der Waals surface area contributed by atoms with Crippen molar-refractivity contribution in [2.75, 3.05) is 33.2 Å². The molecule has 0 aromatic carbocycles. The average molecular weight is 323 g/mol. The number of unbranched alkanes of at least 4 members (excludes halogenated alkanes) is 2. The van der Waals surface area contributed by atoms with Gasteiger partial charge in [-0.05, 0) is 67.7 Å². The molecule has 2 rings (SSSR count). The quantitative estimate of drug-likeness (QED) is 0.439. The maximum atomic E-state index is 4.27. The summed E-state index contributed by atoms with van der Waals surface area (Å²) in [6.45, 7) is 5.77. The summed E-state index contributed by atoms with van der Waals surface area (Å²) in [4.78, 5) is 6.89. The van der Waals surface area contributed by atoms with Crippen LogP contribution in [0.1, 0.15) is 44.1 Å². The molecule has 5 heteroatoms. The van der Waals surface area contributed by atoms with Crippen molar-refractivity contribution in [1.29, 1.82) is 0 Å². The molecular formula is C17H30N4S. The SMILES string of the molecule is CN=C(NCCCCCN1CCCCC1)NCc1ccsc1. The molecule has 0 spiro atoms. The fraction of sp³-hybridized carbons (Fsp3) is 0.706. The summed E-state index contributed by atoms with van der Waals surface area (Å²) >= 11 is 1.73. The van der Waals surface area contributed by atoms with Crippen LogP contribution in [-0.4, -0.2) is 44.1 Å². The normalized spacial score (nSPS) is 16.7. The Hall–Kier alpha value is -1.07. The van der Waals surface area contributed by atoms with Crippen molar-refractivity contribution in [1.82, 2.24) is 15.5 Å². The third-order valence-corrected chi connectivity index (χ3v) is 4.89. The summed E-state index contributed by atoms with van der Waals surface area (Å²) in [5.74, 6) is 0.905. The lowest BCUT2D eigenvalue weighted by molar-refractivity contribution is 0.224. The van der Waals surface area contributed by atoms with Crippen molar-refractivity contribution >= 4 is 17.3 Å². The maximum Gasteiger partial charge on any atom is 0.191 e. The minimum atomic E-state index is 0.845. The summed E-state index contributed by atoms with van der Waals surface area (Å²) in [5, 5.41) is 11.0. The van der Waals surface area contributed by atoms with E-state index in [1.807, 2.05) is 7.05 Å². The minimum Gasteiger partial charge on any atom is -0.356 e. The van der Waals surface area contributed by atoms with Gasteiger partial charge >= 0.3 is 0 Å². The molecular weight excluding hydrogens is 292 g/mol. The molecule has 0 atom stereocenters. The Labute approximate surface area is 139 Å². The van der Waals surface area contributed by atoms with E-state index in [-0.39, 0.29) is 0 Å². The lowest BCUT2D eigenvalue weighted by Crippen LogP contribution is -2.37. The van der Waals surface area contributed by atoms with Crippen molar-refractivity contribution in [2.45, 2.75) is 45.1 Å². The molecule has 2 heterocycles. The molecule has 0 radical (unpaired) electrons. The zero-order valence-electron chi connectivity index (χ0n) is 13.8. The number of aliphatic imine (C=N–C) groups is 1. The smallest absolute Gasteiger partial charge is 0.191 e. The third kappa shape index (κ3) is 6.79. The van der Waals surface area contributed by atoms with Gasteiger partial charge in [-0.15, -0.1) is 0 Å². The standard InChI is InChI=1S/C17H30N4S/c1-18-17(20-14-16-8-13-22-15-16)19-9-4-2-5-10-21-11-6-3-7-12-21/h8,13,15H,2-7,9-12,14H2,1H3,(H2,18,19,20). The van der Waals surface area contributed by atoms with Crippen molar-refractivity contribution in [3.8, 4) is 0 Å². The van der Waals surface area contributed by atoms with Gasteiger partial charge in [-0.2, -0.15) is 11.3 Å². The number of thiophene rings is 1. The number of hydrogen-bond acceptors (Lipinski definition) is 3. The van der Waals surface area contributed by atoms with Gasteiger partial charge in [0.05, 0.1) is 0 Å². The van der Waals surface area contributed by atoms with Crippen LogP contribution in [0.15, 0.2) is 21.8 Å². The van der Waals surface area contributed by atoms with Crippen LogP contribution < -0.4 is 10.6 Å². The molecule has 4 nitrogen and oxygen atoms in total. The first-order valence-corrected chi connectivity index (χ1v) is 9.51. The number of piperidine rings is 1. The summed E-state index contributed by atoms with van der Waals surface area (Å²) < 4.78 is 0. The number of guanidine groups is 1. The van der Waals surface area contributed by atoms with E-state index >= 15 is 0 Å². The Morgan fingerprint density at radius 3 is 2.77 bits per heavy atom. The highest BCUT2D eigenvalue weighted by Crippen LogP contribution is 2.09. The summed E-state index contributed by atoms with van der Waals surface area (Å²) in [6, 6.07) is 2.14. The molecule has 0 amide bonds. The molecule has 124 valence electrons. The molecule has 22 heavy (non-hydrogen) atoms. The second-order valence-electron chi connectivity index (χ2n) is 5.95. The van der Waals surface area contributed by atoms with Crippen LogP contribution in [0.3, 0.4) is 0 Å². The van der Waals surface area contributed by atoms with Gasteiger partial charge in [-0.3, -0.25) is 4.99 Å². The predicted octanol–water partition coefficient (Wildman–Crippen LogP) is 3.07. The van der Waals surface area contributed by atoms with Gasteiger partial charge in [-0.25, -0.2) is 0 Å². The van der Waals surface area contributed by atoms with E-state index in [1.54, 1.807) is 11.3 Å². The number of nitrogens with one attached hydrogen (secondary N) is 2. The third-order valence-electron chi connectivity index (χ3n) is 4.16. The molecule has 1 aromatic heterocycles. The zero-order valence-corrected chi connectivity index (χ0v) is 14.6. The maximum absolute atomic E-state index is 4.27. The summed E-state index contributed by atoms with van der Waals surface area (Å²) in [6.07, 6.45) is 8.06. The molecule has 1 saturated heterocycles. The van der Waals surface area contributed by atoms with E-state index < -0.39 is 0 Å². The van der Waals surface area contributed by atoms with Gasteiger partial charge in [0.1, 0.15) is 0 Å². The van der Waals surface area contributed by atoms with E-state index in [9.17, 15) is 0 Å². The largest absolute Gasteiger partial charge is 0.356 e. The molecule has 2 N–H and O–H groups in total. The number of rotatable bonds is 8. The average Bonchev–Trinajstić information content (AvgIpc) is 3.08. The molecule has 0 bridgehead atoms. The van der Waals surface area contributed by atoms with E-state index in [4.69, 9.17) is 0 Å². The Kier molecular flexibility index (Phi) is 8.35. The van der Waals surface area contributed by atoms with Crippen LogP contribution in [0, 0.1) is 0 Å². The van der Waals surface area contributed by atoms with Gasteiger partial charge in [0, 0.05) is 20.1 Å². The minimum absolute atomic E-state index is 0.845. The van der Waals surface area contributed by atoms with Crippen LogP contribution in [0.4, 0.5) is 0 Å². The number of nitrogens with zero attached hydrogens (tertiary/aromatic N) is 2. The van der Waals surface area contributed by atoms with Crippen LogP contribution in [-0.2, 0) is 6.54 Å². The van der Waals surface area contributed by atoms with Crippen molar-refractivity contribution in [3.63, 3.8) is 0 Å². The molecule has 1 fully saturated rings. The van der Waals surface area contributed by atoms with Gasteiger partial charge in [0.2, 0.25) is 0 Å². The van der Waals surface area contributed by atoms with Gasteiger partial charge in [0.15, 0.2) is 5.96 Å². The molecule has 1 aliphatic heterocycles. The highest BCUT2D eigenvalue weighted by molar-refractivity contribution is 7.07. The second kappa shape index (κ2) is 10.6. The first-order valence-electron chi connectivity index (χ1n) is 8.56. The lowest BCUT2D eigenvalue weighted by Gasteiger charge is -2.26. The first kappa shape index (κ1) is 17.3. The topological polar surface area (TPSA) is 39.7 Å². The van der Waals surface area contributed by atoms with E-state index in [2.05, 4.69) is 37.4 Å². The Bertz CT molecular complexity index is 410. The lowest BCUT2D eigenvalue weighted by atomic mass is 10.1. The predicted molar refractivity (Wildman–Crippen MR) is 96.7 cm³/mol. The molecule has 1 aliphatic rings. The van der Waals surface area contributed by atoms with Crippen LogP contribution >= 0.6 is 11.3 Å². The molecule has 0 saturated carbocycles. The second-order valence-corrected chi connectivity index (χ2v) is 6.73. The van der Waals surface area contributed by atoms with Crippen LogP contribution in [0.5, 0.6) is 0 Å². The zero-order chi connectivity index (χ0) is 15.5. The fourth-order valence-corrected chi connectivity index (χ4v) is 3.50. The monoisotopic (exact) mass is 322 g/mol. The highest BCUT2D eigenvalue weighted by Gasteiger charge is 2.08. The van der Waals surface area contributed by atoms with Crippen molar-refractivity contribution < 1.29 is 0 Å². The highest BCUT2D eigenvalue weighted by atomic mass is 32.1. The van der Waals surface area contributed by atoms with Crippen molar-refractivity contribution in [3.05, 3.63) is 22.4 Å². The van der Waals surface area contributed by atoms with Crippen LogP contribution in [0.25, 0.3) is 0 Å². The number of likely N-dealkylation sites (tertiary alicyclic amines) is 1. The Morgan fingerprint density at radius 1 is 1.18 bits per heavy atom. The van der Waals surface area contributed by atoms with Gasteiger partial charge in [-0.1, -0.05) is 12.8 Å². The molecule has 0 unspecified atom stereocenters. The van der Waals surface area contributed by atoms with Gasteiger partial charge < -0.3 is 15.5 Å². The summed E-state index contributed by atoms with van der Waals surface area (Å²) in [7, 11) is 1.83. The fourth-order valence-electron chi connectivity index (χ4n) is 2.83. The number of hydrogen-bond donors (Lipinski definition) is 2. The molecule has 1 aromatic rings. The summed E-state index contributed by atoms with van der Waals surface area (Å²) in [5.41, 5.74) is 1.31. The first-order chi connectivity index (χ1) is 10.9. The van der Waals surface area contributed by atoms with E-state index in [0.717, 1.165) is 19.0 Å². The van der Waals surface area contributed by atoms with Crippen molar-refractivity contribution in [2.24, 2.45) is 4.99 Å². The van der Waals surface area contributed by atoms with E-state index in [1.165, 1.54) is 63.7 Å². The van der Waals surface area contributed by atoms with Crippen LogP contribution in [0.2, 0.25) is 0 Å². The Morgan fingerprint density at radius 2 is 2.05 bits per heavy atom. The Balaban J connectivity index is 1.47.